The molecule has 0 radical (unpaired) electrons. The maximum Gasteiger partial charge on any atom is 0.121 e. The average Bonchev–Trinajstić information content (AvgIpc) is 2.37. The second kappa shape index (κ2) is 6.03. The third-order valence-electron chi connectivity index (χ3n) is 3.11. The molecule has 92 valence electrons. The molecule has 0 aliphatic carbocycles. The first-order valence-electron chi connectivity index (χ1n) is 5.96. The Morgan fingerprint density at radius 1 is 1.24 bits per heavy atom. The van der Waals surface area contributed by atoms with E-state index in [1.807, 2.05) is 18.2 Å². The van der Waals surface area contributed by atoms with Crippen LogP contribution in [0.3, 0.4) is 0 Å². The fourth-order valence-electron chi connectivity index (χ4n) is 2.14. The smallest absolute Gasteiger partial charge is 0.121 e. The van der Waals surface area contributed by atoms with Gasteiger partial charge >= 0.3 is 0 Å². The van der Waals surface area contributed by atoms with Crippen LogP contribution in [0.15, 0.2) is 24.3 Å². The number of carbonyl (C=O) groups is 1. The Bertz CT molecular complexity index is 375. The van der Waals surface area contributed by atoms with Crippen molar-refractivity contribution in [2.24, 2.45) is 0 Å². The van der Waals surface area contributed by atoms with Crippen molar-refractivity contribution in [3.8, 4) is 0 Å². The van der Waals surface area contributed by atoms with E-state index in [0.717, 1.165) is 44.0 Å². The van der Waals surface area contributed by atoms with Gasteiger partial charge in [-0.05, 0) is 18.2 Å². The van der Waals surface area contributed by atoms with Crippen LogP contribution in [-0.4, -0.2) is 43.9 Å². The molecule has 2 rings (SSSR count). The highest BCUT2D eigenvalue weighted by molar-refractivity contribution is 6.30. The van der Waals surface area contributed by atoms with Crippen molar-refractivity contribution in [1.82, 2.24) is 4.90 Å². The molecule has 0 bridgehead atoms. The van der Waals surface area contributed by atoms with Crippen LogP contribution < -0.4 is 4.90 Å². The average molecular weight is 253 g/mol. The summed E-state index contributed by atoms with van der Waals surface area (Å²) in [6.45, 7) is 4.91. The molecule has 1 fully saturated rings. The van der Waals surface area contributed by atoms with Crippen LogP contribution >= 0.6 is 11.6 Å². The van der Waals surface area contributed by atoms with Gasteiger partial charge in [-0.25, -0.2) is 0 Å². The molecule has 3 nitrogen and oxygen atoms in total. The minimum absolute atomic E-state index is 0.636. The first kappa shape index (κ1) is 12.4. The first-order chi connectivity index (χ1) is 8.29. The van der Waals surface area contributed by atoms with E-state index in [4.69, 9.17) is 11.6 Å². The van der Waals surface area contributed by atoms with Gasteiger partial charge in [-0.3, -0.25) is 4.90 Å². The molecule has 4 heteroatoms. The fraction of sp³-hybridized carbons (Fsp3) is 0.462. The van der Waals surface area contributed by atoms with Crippen LogP contribution in [-0.2, 0) is 4.79 Å². The topological polar surface area (TPSA) is 23.6 Å². The van der Waals surface area contributed by atoms with Gasteiger partial charge < -0.3 is 9.69 Å². The molecule has 0 N–H and O–H groups in total. The van der Waals surface area contributed by atoms with Gasteiger partial charge in [0.05, 0.1) is 0 Å². The second-order valence-corrected chi connectivity index (χ2v) is 4.70. The Morgan fingerprint density at radius 2 is 2.00 bits per heavy atom. The molecule has 0 aromatic heterocycles. The normalized spacial score (nSPS) is 17.1. The zero-order valence-corrected chi connectivity index (χ0v) is 10.6. The van der Waals surface area contributed by atoms with Gasteiger partial charge in [0, 0.05) is 49.9 Å². The van der Waals surface area contributed by atoms with E-state index < -0.39 is 0 Å². The molecular weight excluding hydrogens is 236 g/mol. The van der Waals surface area contributed by atoms with E-state index in [9.17, 15) is 4.79 Å². The number of benzene rings is 1. The highest BCUT2D eigenvalue weighted by Gasteiger charge is 2.16. The lowest BCUT2D eigenvalue weighted by Gasteiger charge is -2.35. The molecule has 0 unspecified atom stereocenters. The Labute approximate surface area is 107 Å². The third-order valence-corrected chi connectivity index (χ3v) is 3.34. The van der Waals surface area contributed by atoms with Crippen molar-refractivity contribution in [3.63, 3.8) is 0 Å². The number of anilines is 1. The molecule has 1 aromatic rings. The molecule has 1 aromatic carbocycles. The van der Waals surface area contributed by atoms with Crippen molar-refractivity contribution >= 4 is 23.6 Å². The number of hydrogen-bond acceptors (Lipinski definition) is 3. The number of nitrogens with zero attached hydrogens (tertiary/aromatic N) is 2. The van der Waals surface area contributed by atoms with Crippen LogP contribution in [0.4, 0.5) is 5.69 Å². The first-order valence-corrected chi connectivity index (χ1v) is 6.34. The largest absolute Gasteiger partial charge is 0.369 e. The molecule has 0 atom stereocenters. The van der Waals surface area contributed by atoms with Crippen LogP contribution in [0, 0.1) is 0 Å². The number of piperazine rings is 1. The summed E-state index contributed by atoms with van der Waals surface area (Å²) in [4.78, 5) is 15.0. The predicted octanol–water partition coefficient (Wildman–Crippen LogP) is 2.05. The number of hydrogen-bond donors (Lipinski definition) is 0. The SMILES string of the molecule is O=CCCN1CCN(c2cccc(Cl)c2)CC1. The second-order valence-electron chi connectivity index (χ2n) is 4.26. The number of carbonyl (C=O) groups excluding carboxylic acids is 1. The highest BCUT2D eigenvalue weighted by Crippen LogP contribution is 2.20. The lowest BCUT2D eigenvalue weighted by molar-refractivity contribution is -0.108. The minimum Gasteiger partial charge on any atom is -0.369 e. The molecule has 1 aliphatic rings. The van der Waals surface area contributed by atoms with E-state index >= 15 is 0 Å². The van der Waals surface area contributed by atoms with Crippen LogP contribution in [0.5, 0.6) is 0 Å². The maximum absolute atomic E-state index is 10.3. The Hall–Kier alpha value is -1.06. The van der Waals surface area contributed by atoms with Crippen molar-refractivity contribution < 1.29 is 4.79 Å². The summed E-state index contributed by atoms with van der Waals surface area (Å²) in [5.74, 6) is 0. The van der Waals surface area contributed by atoms with Crippen LogP contribution in [0.1, 0.15) is 6.42 Å². The van der Waals surface area contributed by atoms with E-state index in [0.29, 0.717) is 6.42 Å². The maximum atomic E-state index is 10.3. The highest BCUT2D eigenvalue weighted by atomic mass is 35.5. The predicted molar refractivity (Wildman–Crippen MR) is 70.8 cm³/mol. The molecular formula is C13H17ClN2O. The van der Waals surface area contributed by atoms with Crippen molar-refractivity contribution in [1.29, 1.82) is 0 Å². The van der Waals surface area contributed by atoms with Crippen LogP contribution in [0.25, 0.3) is 0 Å². The molecule has 0 saturated carbocycles. The summed E-state index contributed by atoms with van der Waals surface area (Å²) < 4.78 is 0. The standard InChI is InChI=1S/C13H17ClN2O/c14-12-3-1-4-13(11-12)16-8-6-15(7-9-16)5-2-10-17/h1,3-4,10-11H,2,5-9H2. The van der Waals surface area contributed by atoms with Gasteiger partial charge in [-0.2, -0.15) is 0 Å². The molecule has 0 amide bonds. The lowest BCUT2D eigenvalue weighted by atomic mass is 10.2. The summed E-state index contributed by atoms with van der Waals surface area (Å²) >= 11 is 5.99. The van der Waals surface area contributed by atoms with E-state index in [1.54, 1.807) is 0 Å². The summed E-state index contributed by atoms with van der Waals surface area (Å²) in [6, 6.07) is 7.97. The molecule has 1 aliphatic heterocycles. The molecule has 0 spiro atoms. The monoisotopic (exact) mass is 252 g/mol. The minimum atomic E-state index is 0.636. The number of halogens is 1. The van der Waals surface area contributed by atoms with Gasteiger partial charge in [-0.15, -0.1) is 0 Å². The van der Waals surface area contributed by atoms with Crippen molar-refractivity contribution in [2.45, 2.75) is 6.42 Å². The zero-order chi connectivity index (χ0) is 12.1. The van der Waals surface area contributed by atoms with Crippen molar-refractivity contribution in [3.05, 3.63) is 29.3 Å². The zero-order valence-electron chi connectivity index (χ0n) is 9.81. The molecule has 1 heterocycles. The summed E-state index contributed by atoms with van der Waals surface area (Å²) in [6.07, 6.45) is 1.63. The lowest BCUT2D eigenvalue weighted by Crippen LogP contribution is -2.46. The Morgan fingerprint density at radius 3 is 2.65 bits per heavy atom. The van der Waals surface area contributed by atoms with Gasteiger partial charge in [0.25, 0.3) is 0 Å². The number of rotatable bonds is 4. The van der Waals surface area contributed by atoms with Crippen molar-refractivity contribution in [2.75, 3.05) is 37.6 Å². The molecule has 1 saturated heterocycles. The number of aldehydes is 1. The summed E-state index contributed by atoms with van der Waals surface area (Å²) in [5, 5.41) is 0.783. The third kappa shape index (κ3) is 3.45. The van der Waals surface area contributed by atoms with Gasteiger partial charge in [0.1, 0.15) is 6.29 Å². The summed E-state index contributed by atoms with van der Waals surface area (Å²) in [5.41, 5.74) is 1.19. The van der Waals surface area contributed by atoms with Gasteiger partial charge in [0.2, 0.25) is 0 Å². The Kier molecular flexibility index (Phi) is 4.40. The van der Waals surface area contributed by atoms with E-state index in [2.05, 4.69) is 15.9 Å². The van der Waals surface area contributed by atoms with Gasteiger partial charge in [-0.1, -0.05) is 17.7 Å². The quantitative estimate of drug-likeness (QED) is 0.767. The van der Waals surface area contributed by atoms with Crippen LogP contribution in [0.2, 0.25) is 5.02 Å². The molecule has 17 heavy (non-hydrogen) atoms. The van der Waals surface area contributed by atoms with E-state index in [1.165, 1.54) is 5.69 Å². The Balaban J connectivity index is 1.88. The van der Waals surface area contributed by atoms with Gasteiger partial charge in [0.15, 0.2) is 0 Å². The fourth-order valence-corrected chi connectivity index (χ4v) is 2.32. The summed E-state index contributed by atoms with van der Waals surface area (Å²) in [7, 11) is 0. The van der Waals surface area contributed by atoms with E-state index in [-0.39, 0.29) is 0 Å².